The molecule has 0 heterocycles. The number of hydrogen-bond acceptors (Lipinski definition) is 5. The van der Waals surface area contributed by atoms with Crippen LogP contribution in [-0.2, 0) is 19.6 Å². The molecule has 1 aromatic carbocycles. The summed E-state index contributed by atoms with van der Waals surface area (Å²) in [5.74, 6) is -1.52. The average molecular weight is 333 g/mol. The fourth-order valence-electron chi connectivity index (χ4n) is 1.74. The number of aliphatic hydroxyl groups is 1. The van der Waals surface area contributed by atoms with Gasteiger partial charge in [-0.25, -0.2) is 17.5 Å². The highest BCUT2D eigenvalue weighted by Gasteiger charge is 2.28. The van der Waals surface area contributed by atoms with Gasteiger partial charge in [-0.2, -0.15) is 0 Å². The number of nitrogens with one attached hydrogen (secondary N) is 1. The number of esters is 1. The average Bonchev–Trinajstić information content (AvgIpc) is 2.36. The van der Waals surface area contributed by atoms with Gasteiger partial charge < -0.3 is 9.84 Å². The molecule has 0 fully saturated rings. The van der Waals surface area contributed by atoms with Crippen LogP contribution in [0.5, 0.6) is 0 Å². The van der Waals surface area contributed by atoms with Crippen LogP contribution >= 0.6 is 0 Å². The zero-order valence-corrected chi connectivity index (χ0v) is 13.5. The van der Waals surface area contributed by atoms with Gasteiger partial charge in [0.15, 0.2) is 0 Å². The van der Waals surface area contributed by atoms with Gasteiger partial charge in [0.2, 0.25) is 10.0 Å². The Hall–Kier alpha value is -1.51. The maximum atomic E-state index is 13.7. The highest BCUT2D eigenvalue weighted by Crippen LogP contribution is 2.17. The summed E-state index contributed by atoms with van der Waals surface area (Å²) in [6.07, 6.45) is -0.375. The Labute approximate surface area is 129 Å². The zero-order valence-electron chi connectivity index (χ0n) is 12.7. The van der Waals surface area contributed by atoms with E-state index in [1.807, 2.05) is 0 Å². The monoisotopic (exact) mass is 333 g/mol. The summed E-state index contributed by atoms with van der Waals surface area (Å²) in [5, 5.41) is 10.0. The van der Waals surface area contributed by atoms with Crippen molar-refractivity contribution in [2.45, 2.75) is 37.7 Å². The predicted molar refractivity (Wildman–Crippen MR) is 78.2 cm³/mol. The minimum Gasteiger partial charge on any atom is -0.466 e. The summed E-state index contributed by atoms with van der Waals surface area (Å²) in [5.41, 5.74) is -1.05. The first kappa shape index (κ1) is 18.5. The standard InChI is InChI=1S/C14H20FNO5S/c1-4-21-13(17)8-14(3,18)9-16-22(19,20)12-6-5-10(2)7-11(12)15/h5-7,16,18H,4,8-9H2,1-3H3. The first-order valence-corrected chi connectivity index (χ1v) is 8.19. The number of rotatable bonds is 7. The van der Waals surface area contributed by atoms with Crippen LogP contribution in [0.15, 0.2) is 23.1 Å². The van der Waals surface area contributed by atoms with Crippen molar-refractivity contribution in [1.29, 1.82) is 0 Å². The number of carbonyl (C=O) groups is 1. The molecule has 8 heteroatoms. The Morgan fingerprint density at radius 3 is 2.64 bits per heavy atom. The van der Waals surface area contributed by atoms with Gasteiger partial charge in [-0.1, -0.05) is 6.07 Å². The molecule has 1 unspecified atom stereocenters. The molecule has 0 spiro atoms. The molecule has 0 aliphatic heterocycles. The molecular weight excluding hydrogens is 313 g/mol. The Morgan fingerprint density at radius 1 is 1.45 bits per heavy atom. The van der Waals surface area contributed by atoms with E-state index in [-0.39, 0.29) is 13.0 Å². The molecule has 22 heavy (non-hydrogen) atoms. The zero-order chi connectivity index (χ0) is 17.0. The molecule has 0 saturated carbocycles. The van der Waals surface area contributed by atoms with Crippen molar-refractivity contribution >= 4 is 16.0 Å². The van der Waals surface area contributed by atoms with Crippen molar-refractivity contribution in [3.63, 3.8) is 0 Å². The fourth-order valence-corrected chi connectivity index (χ4v) is 2.96. The lowest BCUT2D eigenvalue weighted by Gasteiger charge is -2.22. The first-order chi connectivity index (χ1) is 10.1. The molecule has 6 nitrogen and oxygen atoms in total. The minimum absolute atomic E-state index is 0.162. The van der Waals surface area contributed by atoms with Crippen LogP contribution in [0.3, 0.4) is 0 Å². The fraction of sp³-hybridized carbons (Fsp3) is 0.500. The number of carbonyl (C=O) groups excluding carboxylic acids is 1. The molecular formula is C14H20FNO5S. The molecule has 0 aliphatic carbocycles. The van der Waals surface area contributed by atoms with Crippen LogP contribution < -0.4 is 4.72 Å². The van der Waals surface area contributed by atoms with Crippen molar-refractivity contribution in [3.05, 3.63) is 29.6 Å². The third-order valence-corrected chi connectivity index (χ3v) is 4.28. The molecule has 1 rings (SSSR count). The van der Waals surface area contributed by atoms with Crippen molar-refractivity contribution in [1.82, 2.24) is 4.72 Å². The van der Waals surface area contributed by atoms with Gasteiger partial charge >= 0.3 is 5.97 Å². The maximum absolute atomic E-state index is 13.7. The summed E-state index contributed by atoms with van der Waals surface area (Å²) < 4.78 is 44.6. The normalized spacial score (nSPS) is 14.4. The summed E-state index contributed by atoms with van der Waals surface area (Å²) in [6, 6.07) is 3.72. The van der Waals surface area contributed by atoms with Crippen molar-refractivity contribution < 1.29 is 27.4 Å². The lowest BCUT2D eigenvalue weighted by atomic mass is 10.0. The third kappa shape index (κ3) is 5.36. The van der Waals surface area contributed by atoms with E-state index >= 15 is 0 Å². The van der Waals surface area contributed by atoms with Crippen LogP contribution in [0.2, 0.25) is 0 Å². The van der Waals surface area contributed by atoms with Gasteiger partial charge in [-0.15, -0.1) is 0 Å². The van der Waals surface area contributed by atoms with E-state index in [4.69, 9.17) is 4.74 Å². The first-order valence-electron chi connectivity index (χ1n) is 6.71. The van der Waals surface area contributed by atoms with E-state index in [1.165, 1.54) is 13.0 Å². The van der Waals surface area contributed by atoms with Crippen molar-refractivity contribution in [2.24, 2.45) is 0 Å². The van der Waals surface area contributed by atoms with Gasteiger partial charge in [-0.05, 0) is 38.5 Å². The molecule has 0 bridgehead atoms. The van der Waals surface area contributed by atoms with E-state index in [0.717, 1.165) is 12.1 Å². The molecule has 0 amide bonds. The van der Waals surface area contributed by atoms with Gasteiger partial charge in [-0.3, -0.25) is 4.79 Å². The van der Waals surface area contributed by atoms with Crippen LogP contribution in [0.1, 0.15) is 25.8 Å². The second-order valence-electron chi connectivity index (χ2n) is 5.24. The second kappa shape index (κ2) is 7.17. The largest absolute Gasteiger partial charge is 0.466 e. The smallest absolute Gasteiger partial charge is 0.308 e. The molecule has 1 aromatic rings. The van der Waals surface area contributed by atoms with E-state index in [9.17, 15) is 22.7 Å². The summed E-state index contributed by atoms with van der Waals surface area (Å²) in [6.45, 7) is 4.27. The lowest BCUT2D eigenvalue weighted by Crippen LogP contribution is -2.42. The predicted octanol–water partition coefficient (Wildman–Crippen LogP) is 1.12. The highest BCUT2D eigenvalue weighted by atomic mass is 32.2. The Kier molecular flexibility index (Phi) is 6.04. The molecule has 0 aliphatic rings. The van der Waals surface area contributed by atoms with Crippen molar-refractivity contribution in [3.8, 4) is 0 Å². The van der Waals surface area contributed by atoms with E-state index < -0.39 is 38.9 Å². The van der Waals surface area contributed by atoms with Gasteiger partial charge in [0.1, 0.15) is 10.7 Å². The summed E-state index contributed by atoms with van der Waals surface area (Å²) in [7, 11) is -4.13. The quantitative estimate of drug-likeness (QED) is 0.729. The molecule has 1 atom stereocenters. The molecule has 2 N–H and O–H groups in total. The molecule has 124 valence electrons. The number of hydrogen-bond donors (Lipinski definition) is 2. The topological polar surface area (TPSA) is 92.7 Å². The molecule has 0 radical (unpaired) electrons. The Morgan fingerprint density at radius 2 is 2.09 bits per heavy atom. The summed E-state index contributed by atoms with van der Waals surface area (Å²) >= 11 is 0. The number of ether oxygens (including phenoxy) is 1. The van der Waals surface area contributed by atoms with E-state index in [1.54, 1.807) is 13.8 Å². The lowest BCUT2D eigenvalue weighted by molar-refractivity contribution is -0.147. The van der Waals surface area contributed by atoms with Gasteiger partial charge in [0, 0.05) is 6.54 Å². The third-order valence-electron chi connectivity index (χ3n) is 2.85. The van der Waals surface area contributed by atoms with Gasteiger partial charge in [0.25, 0.3) is 0 Å². The Bertz CT molecular complexity index is 643. The SMILES string of the molecule is CCOC(=O)CC(C)(O)CNS(=O)(=O)c1ccc(C)cc1F. The minimum atomic E-state index is -4.13. The van der Waals surface area contributed by atoms with Gasteiger partial charge in [0.05, 0.1) is 18.6 Å². The summed E-state index contributed by atoms with van der Waals surface area (Å²) in [4.78, 5) is 10.8. The number of halogens is 1. The number of sulfonamides is 1. The van der Waals surface area contributed by atoms with Crippen LogP contribution in [0.4, 0.5) is 4.39 Å². The Balaban J connectivity index is 2.79. The van der Waals surface area contributed by atoms with E-state index in [2.05, 4.69) is 4.72 Å². The van der Waals surface area contributed by atoms with Crippen LogP contribution in [0.25, 0.3) is 0 Å². The molecule has 0 saturated heterocycles. The number of aryl methyl sites for hydroxylation is 1. The number of benzene rings is 1. The maximum Gasteiger partial charge on any atom is 0.308 e. The van der Waals surface area contributed by atoms with E-state index in [0.29, 0.717) is 5.56 Å². The van der Waals surface area contributed by atoms with Crippen LogP contribution in [0, 0.1) is 12.7 Å². The highest BCUT2D eigenvalue weighted by molar-refractivity contribution is 7.89. The van der Waals surface area contributed by atoms with Crippen LogP contribution in [-0.4, -0.2) is 38.2 Å². The molecule has 0 aromatic heterocycles. The second-order valence-corrected chi connectivity index (χ2v) is 6.97. The van der Waals surface area contributed by atoms with Crippen molar-refractivity contribution in [2.75, 3.05) is 13.2 Å².